The van der Waals surface area contributed by atoms with Crippen LogP contribution in [0.15, 0.2) is 60.8 Å². The molecule has 27 heavy (non-hydrogen) atoms. The summed E-state index contributed by atoms with van der Waals surface area (Å²) >= 11 is 0. The number of hydrogen-bond donors (Lipinski definition) is 2. The molecule has 3 heteroatoms. The van der Waals surface area contributed by atoms with Gasteiger partial charge >= 0.3 is 0 Å². The van der Waals surface area contributed by atoms with E-state index in [4.69, 9.17) is 0 Å². The van der Waals surface area contributed by atoms with Crippen molar-refractivity contribution in [1.82, 2.24) is 5.32 Å². The SMILES string of the molecule is CC=CC=CC=CC=CCCC=CC(=O)NCC(O)(CCC)CCCCC. The normalized spacial score (nSPS) is 15.0. The lowest BCUT2D eigenvalue weighted by Crippen LogP contribution is -2.42. The molecular weight excluding hydrogens is 334 g/mol. The zero-order valence-corrected chi connectivity index (χ0v) is 17.5. The molecule has 0 aliphatic carbocycles. The highest BCUT2D eigenvalue weighted by molar-refractivity contribution is 5.87. The molecule has 0 aliphatic rings. The van der Waals surface area contributed by atoms with Gasteiger partial charge in [0.25, 0.3) is 0 Å². The number of hydrogen-bond acceptors (Lipinski definition) is 2. The fourth-order valence-electron chi connectivity index (χ4n) is 2.71. The second kappa shape index (κ2) is 17.5. The molecular formula is C24H39NO2. The molecule has 0 spiro atoms. The van der Waals surface area contributed by atoms with E-state index in [1.807, 2.05) is 55.5 Å². The summed E-state index contributed by atoms with van der Waals surface area (Å²) in [5.41, 5.74) is -0.774. The number of carbonyl (C=O) groups is 1. The van der Waals surface area contributed by atoms with Gasteiger partial charge in [0, 0.05) is 6.54 Å². The molecule has 1 amide bonds. The van der Waals surface area contributed by atoms with Gasteiger partial charge in [0.2, 0.25) is 5.91 Å². The van der Waals surface area contributed by atoms with Crippen LogP contribution < -0.4 is 5.32 Å². The van der Waals surface area contributed by atoms with Crippen LogP contribution in [0.3, 0.4) is 0 Å². The van der Waals surface area contributed by atoms with Gasteiger partial charge in [-0.3, -0.25) is 4.79 Å². The molecule has 0 saturated heterocycles. The first-order chi connectivity index (χ1) is 13.1. The number of unbranched alkanes of at least 4 members (excludes halogenated alkanes) is 3. The third kappa shape index (κ3) is 16.1. The van der Waals surface area contributed by atoms with Crippen molar-refractivity contribution in [3.05, 3.63) is 60.8 Å². The molecule has 152 valence electrons. The molecule has 0 aromatic carbocycles. The molecule has 0 bridgehead atoms. The van der Waals surface area contributed by atoms with Gasteiger partial charge in [-0.25, -0.2) is 0 Å². The fraction of sp³-hybridized carbons (Fsp3) is 0.542. The summed E-state index contributed by atoms with van der Waals surface area (Å²) in [4.78, 5) is 11.9. The highest BCUT2D eigenvalue weighted by atomic mass is 16.3. The lowest BCUT2D eigenvalue weighted by molar-refractivity contribution is -0.118. The maximum absolute atomic E-state index is 11.9. The Balaban J connectivity index is 4.07. The van der Waals surface area contributed by atoms with E-state index in [9.17, 15) is 9.90 Å². The maximum Gasteiger partial charge on any atom is 0.243 e. The molecule has 0 aromatic rings. The van der Waals surface area contributed by atoms with Gasteiger partial charge in [-0.15, -0.1) is 0 Å². The number of amides is 1. The number of aliphatic hydroxyl groups is 1. The van der Waals surface area contributed by atoms with Gasteiger partial charge in [-0.2, -0.15) is 0 Å². The van der Waals surface area contributed by atoms with Crippen LogP contribution in [0.5, 0.6) is 0 Å². The Morgan fingerprint density at radius 3 is 2.22 bits per heavy atom. The third-order valence-corrected chi connectivity index (χ3v) is 4.21. The largest absolute Gasteiger partial charge is 0.388 e. The van der Waals surface area contributed by atoms with Gasteiger partial charge in [-0.05, 0) is 38.7 Å². The molecule has 1 atom stereocenters. The number of carbonyl (C=O) groups excluding carboxylic acids is 1. The van der Waals surface area contributed by atoms with Crippen LogP contribution in [0.25, 0.3) is 0 Å². The number of rotatable bonds is 15. The minimum Gasteiger partial charge on any atom is -0.388 e. The Morgan fingerprint density at radius 2 is 1.56 bits per heavy atom. The molecule has 0 aliphatic heterocycles. The Bertz CT molecular complexity index is 514. The van der Waals surface area contributed by atoms with Crippen LogP contribution in [0, 0.1) is 0 Å². The summed E-state index contributed by atoms with van der Waals surface area (Å²) in [6, 6.07) is 0. The van der Waals surface area contributed by atoms with Crippen molar-refractivity contribution in [2.45, 2.75) is 77.7 Å². The average molecular weight is 374 g/mol. The second-order valence-electron chi connectivity index (χ2n) is 6.85. The molecule has 3 nitrogen and oxygen atoms in total. The smallest absolute Gasteiger partial charge is 0.243 e. The zero-order valence-electron chi connectivity index (χ0n) is 17.5. The van der Waals surface area contributed by atoms with Crippen LogP contribution in [-0.2, 0) is 4.79 Å². The van der Waals surface area contributed by atoms with Crippen LogP contribution in [0.1, 0.15) is 72.1 Å². The fourth-order valence-corrected chi connectivity index (χ4v) is 2.71. The molecule has 0 heterocycles. The van der Waals surface area contributed by atoms with Crippen LogP contribution in [-0.4, -0.2) is 23.2 Å². The van der Waals surface area contributed by atoms with E-state index in [1.165, 1.54) is 0 Å². The van der Waals surface area contributed by atoms with E-state index < -0.39 is 5.60 Å². The molecule has 2 N–H and O–H groups in total. The predicted octanol–water partition coefficient (Wildman–Crippen LogP) is 5.80. The van der Waals surface area contributed by atoms with Crippen LogP contribution >= 0.6 is 0 Å². The number of allylic oxidation sites excluding steroid dienone is 9. The first kappa shape index (κ1) is 25.1. The summed E-state index contributed by atoms with van der Waals surface area (Å²) in [6.07, 6.45) is 26.8. The third-order valence-electron chi connectivity index (χ3n) is 4.21. The van der Waals surface area contributed by atoms with Crippen LogP contribution in [0.2, 0.25) is 0 Å². The lowest BCUT2D eigenvalue weighted by atomic mass is 9.91. The Kier molecular flexibility index (Phi) is 16.3. The maximum atomic E-state index is 11.9. The number of nitrogens with one attached hydrogen (secondary N) is 1. The average Bonchev–Trinajstić information content (AvgIpc) is 2.65. The summed E-state index contributed by atoms with van der Waals surface area (Å²) < 4.78 is 0. The Morgan fingerprint density at radius 1 is 0.889 bits per heavy atom. The van der Waals surface area contributed by atoms with Crippen LogP contribution in [0.4, 0.5) is 0 Å². The summed E-state index contributed by atoms with van der Waals surface area (Å²) in [7, 11) is 0. The van der Waals surface area contributed by atoms with Gasteiger partial charge in [-0.1, -0.05) is 94.2 Å². The van der Waals surface area contributed by atoms with Crippen molar-refractivity contribution < 1.29 is 9.90 Å². The molecule has 1 unspecified atom stereocenters. The van der Waals surface area contributed by atoms with E-state index in [-0.39, 0.29) is 5.91 Å². The monoisotopic (exact) mass is 373 g/mol. The molecule has 0 saturated carbocycles. The summed E-state index contributed by atoms with van der Waals surface area (Å²) in [5.74, 6) is -0.127. The molecule has 0 rings (SSSR count). The van der Waals surface area contributed by atoms with E-state index in [1.54, 1.807) is 6.08 Å². The minimum atomic E-state index is -0.774. The Hall–Kier alpha value is -1.87. The lowest BCUT2D eigenvalue weighted by Gasteiger charge is -2.28. The van der Waals surface area contributed by atoms with Gasteiger partial charge in [0.05, 0.1) is 5.60 Å². The van der Waals surface area contributed by atoms with Crippen molar-refractivity contribution in [2.24, 2.45) is 0 Å². The first-order valence-corrected chi connectivity index (χ1v) is 10.4. The highest BCUT2D eigenvalue weighted by Crippen LogP contribution is 2.20. The molecule has 0 radical (unpaired) electrons. The van der Waals surface area contributed by atoms with E-state index in [0.29, 0.717) is 6.54 Å². The highest BCUT2D eigenvalue weighted by Gasteiger charge is 2.25. The zero-order chi connectivity index (χ0) is 20.2. The van der Waals surface area contributed by atoms with Crippen molar-refractivity contribution >= 4 is 5.91 Å². The Labute approximate surface area is 166 Å². The summed E-state index contributed by atoms with van der Waals surface area (Å²) in [5, 5.41) is 13.5. The predicted molar refractivity (Wildman–Crippen MR) is 118 cm³/mol. The minimum absolute atomic E-state index is 0.127. The van der Waals surface area contributed by atoms with E-state index in [0.717, 1.165) is 51.4 Å². The van der Waals surface area contributed by atoms with Gasteiger partial charge in [0.15, 0.2) is 0 Å². The first-order valence-electron chi connectivity index (χ1n) is 10.4. The van der Waals surface area contributed by atoms with Crippen molar-refractivity contribution in [1.29, 1.82) is 0 Å². The van der Waals surface area contributed by atoms with Crippen molar-refractivity contribution in [2.75, 3.05) is 6.54 Å². The second-order valence-corrected chi connectivity index (χ2v) is 6.85. The topological polar surface area (TPSA) is 49.3 Å². The van der Waals surface area contributed by atoms with Gasteiger partial charge in [0.1, 0.15) is 0 Å². The molecule has 0 fully saturated rings. The van der Waals surface area contributed by atoms with Crippen molar-refractivity contribution in [3.63, 3.8) is 0 Å². The standard InChI is InChI=1S/C24H39NO2/c1-4-7-9-10-11-12-13-14-15-16-17-19-23(26)25-22-24(27,20-6-3)21-18-8-5-2/h4,7,9-14,17,19,27H,5-6,8,15-16,18,20-22H2,1-3H3,(H,25,26). The summed E-state index contributed by atoms with van der Waals surface area (Å²) in [6.45, 7) is 6.53. The molecule has 0 aromatic heterocycles. The van der Waals surface area contributed by atoms with Crippen molar-refractivity contribution in [3.8, 4) is 0 Å². The quantitative estimate of drug-likeness (QED) is 0.217. The van der Waals surface area contributed by atoms with E-state index >= 15 is 0 Å². The van der Waals surface area contributed by atoms with E-state index in [2.05, 4.69) is 25.2 Å². The van der Waals surface area contributed by atoms with Gasteiger partial charge < -0.3 is 10.4 Å².